The van der Waals surface area contributed by atoms with Crippen LogP contribution in [0.1, 0.15) is 38.5 Å². The van der Waals surface area contributed by atoms with E-state index in [-0.39, 0.29) is 42.2 Å². The van der Waals surface area contributed by atoms with Crippen LogP contribution in [0.4, 0.5) is 15.8 Å². The van der Waals surface area contributed by atoms with E-state index in [9.17, 15) is 19.3 Å². The number of carbonyl (C=O) groups excluding carboxylic acids is 1. The second-order valence-corrected chi connectivity index (χ2v) is 8.36. The van der Waals surface area contributed by atoms with Crippen molar-refractivity contribution < 1.29 is 14.1 Å². The SMILES string of the molecule is CN1C(=NCC2CCCCC2)SCC1CC(=O)Nc1cc([N+](=O)[O-])ccc1F.Cl. The van der Waals surface area contributed by atoms with E-state index in [0.29, 0.717) is 5.92 Å². The van der Waals surface area contributed by atoms with E-state index >= 15 is 0 Å². The molecule has 1 amide bonds. The lowest BCUT2D eigenvalue weighted by Gasteiger charge is -2.22. The van der Waals surface area contributed by atoms with Crippen molar-refractivity contribution in [2.24, 2.45) is 10.9 Å². The Kier molecular flexibility index (Phi) is 8.70. The predicted molar refractivity (Wildman–Crippen MR) is 116 cm³/mol. The van der Waals surface area contributed by atoms with Gasteiger partial charge in [-0.3, -0.25) is 19.9 Å². The number of nitrogens with one attached hydrogen (secondary N) is 1. The summed E-state index contributed by atoms with van der Waals surface area (Å²) < 4.78 is 13.9. The Hall–Kier alpha value is -1.87. The quantitative estimate of drug-likeness (QED) is 0.516. The fourth-order valence-corrected chi connectivity index (χ4v) is 4.81. The molecule has 0 radical (unpaired) electrons. The number of halogens is 2. The molecule has 160 valence electrons. The van der Waals surface area contributed by atoms with Crippen LogP contribution in [0.3, 0.4) is 0 Å². The van der Waals surface area contributed by atoms with Gasteiger partial charge in [0.15, 0.2) is 5.17 Å². The van der Waals surface area contributed by atoms with Gasteiger partial charge in [-0.25, -0.2) is 4.39 Å². The first-order chi connectivity index (χ1) is 13.4. The van der Waals surface area contributed by atoms with Gasteiger partial charge >= 0.3 is 0 Å². The van der Waals surface area contributed by atoms with E-state index in [2.05, 4.69) is 5.32 Å². The number of thioether (sulfide) groups is 1. The number of nitro groups is 1. The number of rotatable bonds is 6. The number of hydrogen-bond acceptors (Lipinski definition) is 5. The molecule has 1 aliphatic heterocycles. The molecule has 0 aromatic heterocycles. The predicted octanol–water partition coefficient (Wildman–Crippen LogP) is 4.47. The molecule has 0 spiro atoms. The summed E-state index contributed by atoms with van der Waals surface area (Å²) in [5.41, 5.74) is -0.430. The monoisotopic (exact) mass is 444 g/mol. The largest absolute Gasteiger partial charge is 0.350 e. The number of carbonyl (C=O) groups is 1. The summed E-state index contributed by atoms with van der Waals surface area (Å²) in [5.74, 6) is 0.341. The number of benzene rings is 1. The molecule has 7 nitrogen and oxygen atoms in total. The average molecular weight is 445 g/mol. The standard InChI is InChI=1S/C19H25FN4O3S.ClH/c1-23-15(12-28-19(23)21-11-13-5-3-2-4-6-13)10-18(25)22-17-9-14(24(26)27)7-8-16(17)20;/h7-9,13,15H,2-6,10-12H2,1H3,(H,22,25);1H. The molecule has 3 rings (SSSR count). The van der Waals surface area contributed by atoms with E-state index in [1.807, 2.05) is 11.9 Å². The first-order valence-corrected chi connectivity index (χ1v) is 10.6. The first-order valence-electron chi connectivity index (χ1n) is 9.58. The van der Waals surface area contributed by atoms with Crippen LogP contribution in [0, 0.1) is 21.8 Å². The minimum Gasteiger partial charge on any atom is -0.350 e. The van der Waals surface area contributed by atoms with Crippen LogP contribution in [0.25, 0.3) is 0 Å². The molecule has 1 unspecified atom stereocenters. The minimum atomic E-state index is -0.692. The molecule has 29 heavy (non-hydrogen) atoms. The normalized spacial score (nSPS) is 21.1. The number of non-ortho nitro benzene ring substituents is 1. The molecule has 10 heteroatoms. The summed E-state index contributed by atoms with van der Waals surface area (Å²) in [6.45, 7) is 0.838. The summed E-state index contributed by atoms with van der Waals surface area (Å²) >= 11 is 1.64. The number of nitro benzene ring substituents is 1. The van der Waals surface area contributed by atoms with E-state index in [4.69, 9.17) is 4.99 Å². The summed E-state index contributed by atoms with van der Waals surface area (Å²) in [6.07, 6.45) is 6.56. The van der Waals surface area contributed by atoms with Gasteiger partial charge in [-0.15, -0.1) is 12.4 Å². The van der Waals surface area contributed by atoms with E-state index < -0.39 is 10.7 Å². The number of aliphatic imine (C=N–C) groups is 1. The third kappa shape index (κ3) is 6.30. The van der Waals surface area contributed by atoms with Crippen LogP contribution in [-0.4, -0.2) is 46.3 Å². The molecule has 1 heterocycles. The van der Waals surface area contributed by atoms with E-state index in [0.717, 1.165) is 35.7 Å². The van der Waals surface area contributed by atoms with Gasteiger partial charge in [0.2, 0.25) is 5.91 Å². The van der Waals surface area contributed by atoms with Gasteiger partial charge < -0.3 is 10.2 Å². The second kappa shape index (κ2) is 10.8. The smallest absolute Gasteiger partial charge is 0.271 e. The zero-order chi connectivity index (χ0) is 20.1. The van der Waals surface area contributed by atoms with Crippen LogP contribution in [0.2, 0.25) is 0 Å². The van der Waals surface area contributed by atoms with Gasteiger partial charge in [0.05, 0.1) is 10.6 Å². The minimum absolute atomic E-state index is 0. The van der Waals surface area contributed by atoms with Crippen molar-refractivity contribution in [1.82, 2.24) is 4.90 Å². The Morgan fingerprint density at radius 2 is 2.10 bits per heavy atom. The number of nitrogens with zero attached hydrogens (tertiary/aromatic N) is 3. The van der Waals surface area contributed by atoms with Crippen LogP contribution in [0.5, 0.6) is 0 Å². The fraction of sp³-hybridized carbons (Fsp3) is 0.579. The van der Waals surface area contributed by atoms with Crippen LogP contribution < -0.4 is 5.32 Å². The molecule has 1 aromatic rings. The van der Waals surface area contributed by atoms with E-state index in [1.165, 1.54) is 32.1 Å². The lowest BCUT2D eigenvalue weighted by molar-refractivity contribution is -0.384. The zero-order valence-electron chi connectivity index (χ0n) is 16.3. The van der Waals surface area contributed by atoms with Gasteiger partial charge in [0.25, 0.3) is 5.69 Å². The van der Waals surface area contributed by atoms with Crippen molar-refractivity contribution in [1.29, 1.82) is 0 Å². The highest BCUT2D eigenvalue weighted by atomic mass is 35.5. The van der Waals surface area contributed by atoms with Crippen molar-refractivity contribution in [2.45, 2.75) is 44.6 Å². The van der Waals surface area contributed by atoms with Gasteiger partial charge in [0.1, 0.15) is 5.82 Å². The Morgan fingerprint density at radius 1 is 1.38 bits per heavy atom. The van der Waals surface area contributed by atoms with Crippen molar-refractivity contribution in [3.63, 3.8) is 0 Å². The lowest BCUT2D eigenvalue weighted by atomic mass is 9.89. The first kappa shape index (κ1) is 23.4. The summed E-state index contributed by atoms with van der Waals surface area (Å²) in [4.78, 5) is 29.3. The number of amidine groups is 1. The molecule has 2 aliphatic rings. The molecule has 2 fully saturated rings. The second-order valence-electron chi connectivity index (χ2n) is 7.38. The maximum absolute atomic E-state index is 13.9. The van der Waals surface area contributed by atoms with Crippen molar-refractivity contribution in [3.05, 3.63) is 34.1 Å². The molecular weight excluding hydrogens is 419 g/mol. The van der Waals surface area contributed by atoms with Crippen molar-refractivity contribution in [3.8, 4) is 0 Å². The van der Waals surface area contributed by atoms with Crippen LogP contribution in [-0.2, 0) is 4.79 Å². The summed E-state index contributed by atoms with van der Waals surface area (Å²) in [6, 6.07) is 3.07. The Bertz CT molecular complexity index is 774. The van der Waals surface area contributed by atoms with Crippen LogP contribution in [0.15, 0.2) is 23.2 Å². The summed E-state index contributed by atoms with van der Waals surface area (Å²) in [7, 11) is 1.92. The van der Waals surface area contributed by atoms with Gasteiger partial charge in [-0.05, 0) is 24.8 Å². The molecule has 1 aromatic carbocycles. The molecule has 1 aliphatic carbocycles. The molecule has 1 atom stereocenters. The van der Waals surface area contributed by atoms with Gasteiger partial charge in [0, 0.05) is 43.9 Å². The third-order valence-electron chi connectivity index (χ3n) is 5.32. The number of anilines is 1. The highest BCUT2D eigenvalue weighted by Crippen LogP contribution is 2.28. The molecule has 1 saturated carbocycles. The Labute approximate surface area is 180 Å². The maximum atomic E-state index is 13.9. The topological polar surface area (TPSA) is 87.8 Å². The number of amides is 1. The Balaban J connectivity index is 0.00000300. The third-order valence-corrected chi connectivity index (χ3v) is 6.55. The van der Waals surface area contributed by atoms with E-state index in [1.54, 1.807) is 11.8 Å². The highest BCUT2D eigenvalue weighted by molar-refractivity contribution is 8.14. The van der Waals surface area contributed by atoms with Gasteiger partial charge in [-0.2, -0.15) is 0 Å². The summed E-state index contributed by atoms with van der Waals surface area (Å²) in [5, 5.41) is 14.2. The Morgan fingerprint density at radius 3 is 2.79 bits per heavy atom. The molecule has 0 bridgehead atoms. The van der Waals surface area contributed by atoms with Crippen molar-refractivity contribution >= 4 is 46.6 Å². The fourth-order valence-electron chi connectivity index (χ4n) is 3.61. The van der Waals surface area contributed by atoms with Crippen molar-refractivity contribution in [2.75, 3.05) is 24.7 Å². The molecule has 1 saturated heterocycles. The number of hydrogen-bond donors (Lipinski definition) is 1. The maximum Gasteiger partial charge on any atom is 0.271 e. The molecule has 1 N–H and O–H groups in total. The van der Waals surface area contributed by atoms with Gasteiger partial charge in [-0.1, -0.05) is 31.0 Å². The molecular formula is C19H26ClFN4O3S. The zero-order valence-corrected chi connectivity index (χ0v) is 17.9. The highest BCUT2D eigenvalue weighted by Gasteiger charge is 2.29. The average Bonchev–Trinajstić information content (AvgIpc) is 3.02. The lowest BCUT2D eigenvalue weighted by Crippen LogP contribution is -2.34. The van der Waals surface area contributed by atoms with Crippen LogP contribution >= 0.6 is 24.2 Å².